The van der Waals surface area contributed by atoms with Gasteiger partial charge in [-0.1, -0.05) is 29.8 Å². The summed E-state index contributed by atoms with van der Waals surface area (Å²) in [6.45, 7) is 7.66. The van der Waals surface area contributed by atoms with E-state index in [2.05, 4.69) is 63.4 Å². The largest absolute Gasteiger partial charge is 0.374 e. The van der Waals surface area contributed by atoms with Crippen LogP contribution in [-0.2, 0) is 9.59 Å². The Kier molecular flexibility index (Phi) is 13.4. The highest BCUT2D eigenvalue weighted by Gasteiger charge is 2.27. The van der Waals surface area contributed by atoms with Crippen molar-refractivity contribution in [2.24, 2.45) is 5.73 Å². The first-order valence-corrected chi connectivity index (χ1v) is 21.5. The molecule has 15 nitrogen and oxygen atoms in total. The predicted molar refractivity (Wildman–Crippen MR) is 242 cm³/mol. The number of hydrogen-bond donors (Lipinski definition) is 6. The number of nitrogens with zero attached hydrogens (tertiary/aromatic N) is 5. The van der Waals surface area contributed by atoms with Gasteiger partial charge in [-0.15, -0.1) is 0 Å². The summed E-state index contributed by atoms with van der Waals surface area (Å²) in [5.41, 5.74) is 10.6. The number of anilines is 6. The van der Waals surface area contributed by atoms with Crippen LogP contribution >= 0.6 is 11.6 Å². The van der Waals surface area contributed by atoms with E-state index in [9.17, 15) is 23.6 Å². The zero-order chi connectivity index (χ0) is 43.9. The van der Waals surface area contributed by atoms with Gasteiger partial charge in [0, 0.05) is 109 Å². The van der Waals surface area contributed by atoms with E-state index in [-0.39, 0.29) is 41.1 Å². The molecule has 4 amide bonds. The van der Waals surface area contributed by atoms with E-state index in [0.717, 1.165) is 82.8 Å². The van der Waals surface area contributed by atoms with Crippen LogP contribution in [0.4, 0.5) is 38.9 Å². The van der Waals surface area contributed by atoms with E-state index in [1.807, 2.05) is 12.1 Å². The molecule has 3 fully saturated rings. The normalized spacial score (nSPS) is 17.5. The first kappa shape index (κ1) is 43.0. The molecule has 326 valence electrons. The zero-order valence-electron chi connectivity index (χ0n) is 34.6. The van der Waals surface area contributed by atoms with Crippen LogP contribution in [0.2, 0.25) is 5.02 Å². The second-order valence-corrected chi connectivity index (χ2v) is 16.3. The summed E-state index contributed by atoms with van der Waals surface area (Å²) in [4.78, 5) is 64.7. The van der Waals surface area contributed by atoms with Gasteiger partial charge in [-0.05, 0) is 97.6 Å². The maximum absolute atomic E-state index is 14.9. The van der Waals surface area contributed by atoms with Gasteiger partial charge in [0.2, 0.25) is 23.7 Å². The number of likely N-dealkylation sites (tertiary alicyclic amines) is 1. The average Bonchev–Trinajstić information content (AvgIpc) is 3.29. The standard InChI is InChI=1S/C46H49ClFN11O4/c47-38-4-2-1-3-35(38)37-27-33(11-14-36(37)42(49)61)52-43-39(48)28-50-46(56-43)54-31-7-5-29(6-8-31)44(62)53-32-17-19-57(20-18-32)21-22-58-23-25-59(26-24-58)34-12-9-30(10-13-34)51-40-15-16-41(60)55-45(40)63/h1-14,27-28,32,40,51H,15-26H2,(H2,49,61)(H,53,62)(H,55,60,63)(H2,50,52,54,56). The fraction of sp³-hybridized carbons (Fsp3) is 0.304. The molecule has 0 aliphatic carbocycles. The molecule has 3 aliphatic heterocycles. The van der Waals surface area contributed by atoms with Gasteiger partial charge < -0.3 is 36.8 Å². The number of nitrogens with one attached hydrogen (secondary N) is 5. The van der Waals surface area contributed by atoms with Gasteiger partial charge >= 0.3 is 0 Å². The number of halogens is 2. The molecular weight excluding hydrogens is 825 g/mol. The molecular formula is C46H49ClFN11O4. The Morgan fingerprint density at radius 3 is 2.17 bits per heavy atom. The predicted octanol–water partition coefficient (Wildman–Crippen LogP) is 5.76. The molecule has 1 unspecified atom stereocenters. The number of benzene rings is 4. The van der Waals surface area contributed by atoms with Gasteiger partial charge in [-0.3, -0.25) is 29.4 Å². The Hall–Kier alpha value is -6.62. The van der Waals surface area contributed by atoms with Crippen molar-refractivity contribution in [2.75, 3.05) is 73.2 Å². The molecule has 0 spiro atoms. The topological polar surface area (TPSA) is 190 Å². The molecule has 17 heteroatoms. The highest BCUT2D eigenvalue weighted by Crippen LogP contribution is 2.33. The van der Waals surface area contributed by atoms with Crippen molar-refractivity contribution in [3.05, 3.63) is 119 Å². The Morgan fingerprint density at radius 1 is 0.794 bits per heavy atom. The van der Waals surface area contributed by atoms with Crippen molar-refractivity contribution in [1.82, 2.24) is 30.4 Å². The number of imide groups is 1. The quantitative estimate of drug-likeness (QED) is 0.0742. The van der Waals surface area contributed by atoms with E-state index in [1.165, 1.54) is 0 Å². The molecule has 8 rings (SSSR count). The number of nitrogens with two attached hydrogens (primary N) is 1. The lowest BCUT2D eigenvalue weighted by atomic mass is 9.98. The summed E-state index contributed by atoms with van der Waals surface area (Å²) >= 11 is 6.41. The van der Waals surface area contributed by atoms with Crippen molar-refractivity contribution in [2.45, 2.75) is 37.8 Å². The summed E-state index contributed by atoms with van der Waals surface area (Å²) in [7, 11) is 0. The lowest BCUT2D eigenvalue weighted by molar-refractivity contribution is -0.133. The minimum Gasteiger partial charge on any atom is -0.374 e. The van der Waals surface area contributed by atoms with E-state index in [4.69, 9.17) is 17.3 Å². The van der Waals surface area contributed by atoms with Crippen molar-refractivity contribution in [3.63, 3.8) is 0 Å². The SMILES string of the molecule is NC(=O)c1ccc(Nc2nc(Nc3ccc(C(=O)NC4CCN(CCN5CCN(c6ccc(NC7CCC(=O)NC7=O)cc6)CC5)CC4)cc3)ncc2F)cc1-c1ccccc1Cl. The molecule has 4 heterocycles. The molecule has 63 heavy (non-hydrogen) atoms. The first-order valence-electron chi connectivity index (χ1n) is 21.1. The summed E-state index contributed by atoms with van der Waals surface area (Å²) in [6.07, 6.45) is 3.65. The van der Waals surface area contributed by atoms with E-state index in [0.29, 0.717) is 45.9 Å². The maximum Gasteiger partial charge on any atom is 0.251 e. The van der Waals surface area contributed by atoms with Gasteiger partial charge in [-0.2, -0.15) is 4.98 Å². The number of primary amides is 1. The Labute approximate surface area is 369 Å². The first-order chi connectivity index (χ1) is 30.5. The third kappa shape index (κ3) is 10.9. The van der Waals surface area contributed by atoms with Crippen LogP contribution in [0, 0.1) is 5.82 Å². The Morgan fingerprint density at radius 2 is 1.48 bits per heavy atom. The number of amides is 4. The second kappa shape index (κ2) is 19.6. The lowest BCUT2D eigenvalue weighted by Crippen LogP contribution is -2.50. The molecule has 4 aromatic carbocycles. The van der Waals surface area contributed by atoms with Crippen LogP contribution in [0.3, 0.4) is 0 Å². The number of rotatable bonds is 14. The number of carbonyl (C=O) groups is 4. The average molecular weight is 874 g/mol. The van der Waals surface area contributed by atoms with E-state index >= 15 is 0 Å². The second-order valence-electron chi connectivity index (χ2n) is 15.9. The lowest BCUT2D eigenvalue weighted by Gasteiger charge is -2.38. The zero-order valence-corrected chi connectivity index (χ0v) is 35.3. The molecule has 3 aliphatic rings. The summed E-state index contributed by atoms with van der Waals surface area (Å²) in [5, 5.41) is 15.3. The molecule has 0 bridgehead atoms. The maximum atomic E-state index is 14.9. The smallest absolute Gasteiger partial charge is 0.251 e. The highest BCUT2D eigenvalue weighted by molar-refractivity contribution is 6.33. The van der Waals surface area contributed by atoms with E-state index < -0.39 is 17.8 Å². The monoisotopic (exact) mass is 873 g/mol. The number of piperazine rings is 1. The number of aromatic nitrogens is 2. The van der Waals surface area contributed by atoms with Crippen molar-refractivity contribution in [1.29, 1.82) is 0 Å². The van der Waals surface area contributed by atoms with Gasteiger partial charge in [0.05, 0.1) is 6.20 Å². The number of carbonyl (C=O) groups excluding carboxylic acids is 4. The molecule has 5 aromatic rings. The molecule has 1 atom stereocenters. The molecule has 0 saturated carbocycles. The Balaban J connectivity index is 0.758. The minimum absolute atomic E-state index is 0.0894. The van der Waals surface area contributed by atoms with Crippen LogP contribution in [0.25, 0.3) is 11.1 Å². The van der Waals surface area contributed by atoms with Crippen molar-refractivity contribution >= 4 is 69.7 Å². The van der Waals surface area contributed by atoms with E-state index in [1.54, 1.807) is 66.7 Å². The molecule has 3 saturated heterocycles. The molecule has 0 radical (unpaired) electrons. The number of piperidine rings is 2. The van der Waals surface area contributed by atoms with Crippen LogP contribution in [-0.4, -0.2) is 108 Å². The minimum atomic E-state index is -0.685. The number of hydrogen-bond acceptors (Lipinski definition) is 12. The summed E-state index contributed by atoms with van der Waals surface area (Å²) in [5.74, 6) is -1.90. The fourth-order valence-corrected chi connectivity index (χ4v) is 8.35. The van der Waals surface area contributed by atoms with Gasteiger partial charge in [0.1, 0.15) is 6.04 Å². The van der Waals surface area contributed by atoms with Crippen LogP contribution in [0.5, 0.6) is 0 Å². The molecule has 7 N–H and O–H groups in total. The van der Waals surface area contributed by atoms with Crippen molar-refractivity contribution < 1.29 is 23.6 Å². The summed E-state index contributed by atoms with van der Waals surface area (Å²) in [6, 6.07) is 26.6. The van der Waals surface area contributed by atoms with Gasteiger partial charge in [-0.25, -0.2) is 9.37 Å². The van der Waals surface area contributed by atoms with Crippen LogP contribution in [0.15, 0.2) is 97.2 Å². The van der Waals surface area contributed by atoms with Gasteiger partial charge in [0.15, 0.2) is 11.6 Å². The summed E-state index contributed by atoms with van der Waals surface area (Å²) < 4.78 is 14.9. The highest BCUT2D eigenvalue weighted by atomic mass is 35.5. The van der Waals surface area contributed by atoms with Crippen molar-refractivity contribution in [3.8, 4) is 11.1 Å². The third-order valence-electron chi connectivity index (χ3n) is 11.7. The van der Waals surface area contributed by atoms with Gasteiger partial charge in [0.25, 0.3) is 5.91 Å². The molecule has 1 aromatic heterocycles. The Bertz CT molecular complexity index is 2460. The fourth-order valence-electron chi connectivity index (χ4n) is 8.11. The third-order valence-corrected chi connectivity index (χ3v) is 12.0. The van der Waals surface area contributed by atoms with Crippen LogP contribution < -0.4 is 37.2 Å². The van der Waals surface area contributed by atoms with Crippen LogP contribution in [0.1, 0.15) is 46.4 Å².